The summed E-state index contributed by atoms with van der Waals surface area (Å²) in [5.41, 5.74) is 2.17. The summed E-state index contributed by atoms with van der Waals surface area (Å²) in [6.07, 6.45) is 1.53. The van der Waals surface area contributed by atoms with Gasteiger partial charge in [0, 0.05) is 13.1 Å². The van der Waals surface area contributed by atoms with Gasteiger partial charge in [0.2, 0.25) is 10.0 Å². The molecule has 32 heavy (non-hydrogen) atoms. The van der Waals surface area contributed by atoms with E-state index in [0.717, 1.165) is 30.4 Å². The highest BCUT2D eigenvalue weighted by atomic mass is 35.5. The van der Waals surface area contributed by atoms with Crippen LogP contribution in [0.5, 0.6) is 0 Å². The van der Waals surface area contributed by atoms with Gasteiger partial charge in [0.05, 0.1) is 21.2 Å². The molecule has 1 aliphatic rings. The van der Waals surface area contributed by atoms with Crippen molar-refractivity contribution < 1.29 is 22.7 Å². The molecule has 9 heteroatoms. The summed E-state index contributed by atoms with van der Waals surface area (Å²) < 4.78 is 32.6. The monoisotopic (exact) mass is 478 g/mol. The minimum atomic E-state index is -3.68. The molecule has 0 radical (unpaired) electrons. The lowest BCUT2D eigenvalue weighted by Crippen LogP contribution is -2.35. The van der Waals surface area contributed by atoms with Crippen LogP contribution in [0.25, 0.3) is 0 Å². The first-order valence-electron chi connectivity index (χ1n) is 10.5. The highest BCUT2D eigenvalue weighted by Crippen LogP contribution is 2.28. The van der Waals surface area contributed by atoms with Crippen molar-refractivity contribution in [3.63, 3.8) is 0 Å². The second-order valence-corrected chi connectivity index (χ2v) is 10.3. The fourth-order valence-electron chi connectivity index (χ4n) is 3.48. The van der Waals surface area contributed by atoms with Gasteiger partial charge in [-0.1, -0.05) is 35.7 Å². The molecule has 1 fully saturated rings. The smallest absolute Gasteiger partial charge is 0.339 e. The summed E-state index contributed by atoms with van der Waals surface area (Å²) in [6, 6.07) is 9.59. The SMILES string of the molecule is Cc1ccc(C)c(C(=O)O[C@@H](C)C(=O)Nc2cc(S(=O)(=O)N3CCCCC3)ccc2Cl)c1. The highest BCUT2D eigenvalue weighted by Gasteiger charge is 2.27. The minimum Gasteiger partial charge on any atom is -0.449 e. The number of amides is 1. The Hall–Kier alpha value is -2.42. The molecular weight excluding hydrogens is 452 g/mol. The van der Waals surface area contributed by atoms with Crippen LogP contribution in [-0.2, 0) is 19.6 Å². The molecule has 0 unspecified atom stereocenters. The van der Waals surface area contributed by atoms with Crippen molar-refractivity contribution in [2.45, 2.75) is 51.0 Å². The topological polar surface area (TPSA) is 92.8 Å². The van der Waals surface area contributed by atoms with Crippen molar-refractivity contribution in [1.29, 1.82) is 0 Å². The van der Waals surface area contributed by atoms with Gasteiger partial charge in [0.15, 0.2) is 6.10 Å². The van der Waals surface area contributed by atoms with E-state index in [1.807, 2.05) is 19.1 Å². The number of halogens is 1. The van der Waals surface area contributed by atoms with Crippen LogP contribution in [0.4, 0.5) is 5.69 Å². The molecule has 3 rings (SSSR count). The summed E-state index contributed by atoms with van der Waals surface area (Å²) >= 11 is 6.19. The molecule has 1 N–H and O–H groups in total. The summed E-state index contributed by atoms with van der Waals surface area (Å²) in [5, 5.41) is 2.76. The Morgan fingerprint density at radius 3 is 2.44 bits per heavy atom. The standard InChI is InChI=1S/C23H27ClN2O5S/c1-15-7-8-16(2)19(13-15)23(28)31-17(3)22(27)25-21-14-18(9-10-20(21)24)32(29,30)26-11-5-4-6-12-26/h7-10,13-14,17H,4-6,11-12H2,1-3H3,(H,25,27)/t17-/m0/s1. The highest BCUT2D eigenvalue weighted by molar-refractivity contribution is 7.89. The van der Waals surface area contributed by atoms with E-state index in [4.69, 9.17) is 16.3 Å². The molecule has 0 aliphatic carbocycles. The van der Waals surface area contributed by atoms with Crippen LogP contribution in [0.1, 0.15) is 47.7 Å². The second kappa shape index (κ2) is 10.0. The van der Waals surface area contributed by atoms with E-state index in [-0.39, 0.29) is 15.6 Å². The molecule has 7 nitrogen and oxygen atoms in total. The number of rotatable bonds is 6. The van der Waals surface area contributed by atoms with E-state index < -0.39 is 28.0 Å². The van der Waals surface area contributed by atoms with E-state index in [0.29, 0.717) is 18.7 Å². The summed E-state index contributed by atoms with van der Waals surface area (Å²) in [7, 11) is -3.68. The quantitative estimate of drug-likeness (QED) is 0.624. The Morgan fingerprint density at radius 2 is 1.75 bits per heavy atom. The fraction of sp³-hybridized carbons (Fsp3) is 0.391. The number of hydrogen-bond acceptors (Lipinski definition) is 5. The fourth-order valence-corrected chi connectivity index (χ4v) is 5.19. The Labute approximate surface area is 193 Å². The van der Waals surface area contributed by atoms with Crippen LogP contribution in [-0.4, -0.2) is 43.8 Å². The lowest BCUT2D eigenvalue weighted by Gasteiger charge is -2.26. The Kier molecular flexibility index (Phi) is 7.59. The first-order chi connectivity index (χ1) is 15.1. The van der Waals surface area contributed by atoms with Crippen molar-refractivity contribution in [1.82, 2.24) is 4.31 Å². The van der Waals surface area contributed by atoms with Crippen molar-refractivity contribution in [3.05, 3.63) is 58.1 Å². The average molecular weight is 479 g/mol. The van der Waals surface area contributed by atoms with Crippen LogP contribution in [0.2, 0.25) is 5.02 Å². The first-order valence-corrected chi connectivity index (χ1v) is 12.3. The summed E-state index contributed by atoms with van der Waals surface area (Å²) in [6.45, 7) is 6.03. The minimum absolute atomic E-state index is 0.0548. The molecule has 1 saturated heterocycles. The molecule has 1 heterocycles. The lowest BCUT2D eigenvalue weighted by atomic mass is 10.1. The van der Waals surface area contributed by atoms with Crippen molar-refractivity contribution >= 4 is 39.2 Å². The van der Waals surface area contributed by atoms with Gasteiger partial charge in [-0.3, -0.25) is 4.79 Å². The molecule has 2 aromatic rings. The first kappa shape index (κ1) is 24.2. The predicted molar refractivity (Wildman–Crippen MR) is 123 cm³/mol. The van der Waals surface area contributed by atoms with E-state index in [1.165, 1.54) is 29.4 Å². The molecule has 0 saturated carbocycles. The van der Waals surface area contributed by atoms with Gasteiger partial charge < -0.3 is 10.1 Å². The van der Waals surface area contributed by atoms with Crippen LogP contribution < -0.4 is 5.32 Å². The van der Waals surface area contributed by atoms with Crippen LogP contribution in [0, 0.1) is 13.8 Å². The number of nitrogens with zero attached hydrogens (tertiary/aromatic N) is 1. The molecule has 0 bridgehead atoms. The van der Waals surface area contributed by atoms with Gasteiger partial charge in [0.25, 0.3) is 5.91 Å². The van der Waals surface area contributed by atoms with Gasteiger partial charge in [-0.05, 0) is 63.4 Å². The molecule has 0 spiro atoms. The zero-order valence-electron chi connectivity index (χ0n) is 18.4. The third kappa shape index (κ3) is 5.49. The maximum atomic E-state index is 12.9. The number of sulfonamides is 1. The number of aryl methyl sites for hydroxylation is 2. The zero-order valence-corrected chi connectivity index (χ0v) is 19.9. The maximum absolute atomic E-state index is 12.9. The number of carbonyl (C=O) groups excluding carboxylic acids is 2. The van der Waals surface area contributed by atoms with Crippen LogP contribution in [0.15, 0.2) is 41.3 Å². The van der Waals surface area contributed by atoms with Crippen LogP contribution >= 0.6 is 11.6 Å². The number of carbonyl (C=O) groups is 2. The number of anilines is 1. The maximum Gasteiger partial charge on any atom is 0.339 e. The number of nitrogens with one attached hydrogen (secondary N) is 1. The predicted octanol–water partition coefficient (Wildman–Crippen LogP) is 4.32. The molecule has 0 aromatic heterocycles. The summed E-state index contributed by atoms with van der Waals surface area (Å²) in [4.78, 5) is 25.2. The number of piperidine rings is 1. The number of hydrogen-bond donors (Lipinski definition) is 1. The molecular formula is C23H27ClN2O5S. The largest absolute Gasteiger partial charge is 0.449 e. The zero-order chi connectivity index (χ0) is 23.5. The molecule has 172 valence electrons. The third-order valence-electron chi connectivity index (χ3n) is 5.41. The third-order valence-corrected chi connectivity index (χ3v) is 7.64. The Balaban J connectivity index is 1.73. The Morgan fingerprint density at radius 1 is 1.06 bits per heavy atom. The number of esters is 1. The van der Waals surface area contributed by atoms with E-state index in [2.05, 4.69) is 5.32 Å². The van der Waals surface area contributed by atoms with Crippen LogP contribution in [0.3, 0.4) is 0 Å². The summed E-state index contributed by atoms with van der Waals surface area (Å²) in [5.74, 6) is -1.22. The van der Waals surface area contributed by atoms with Crippen molar-refractivity contribution in [3.8, 4) is 0 Å². The van der Waals surface area contributed by atoms with Gasteiger partial charge in [-0.2, -0.15) is 4.31 Å². The molecule has 1 atom stereocenters. The number of ether oxygens (including phenoxy) is 1. The second-order valence-electron chi connectivity index (χ2n) is 7.96. The molecule has 2 aromatic carbocycles. The average Bonchev–Trinajstić information content (AvgIpc) is 2.77. The van der Waals surface area contributed by atoms with Gasteiger partial charge in [-0.25, -0.2) is 13.2 Å². The molecule has 1 aliphatic heterocycles. The van der Waals surface area contributed by atoms with E-state index in [1.54, 1.807) is 13.0 Å². The van der Waals surface area contributed by atoms with E-state index in [9.17, 15) is 18.0 Å². The number of benzene rings is 2. The van der Waals surface area contributed by atoms with Crippen molar-refractivity contribution in [2.24, 2.45) is 0 Å². The normalized spacial score (nSPS) is 15.8. The van der Waals surface area contributed by atoms with Gasteiger partial charge in [-0.15, -0.1) is 0 Å². The molecule has 1 amide bonds. The van der Waals surface area contributed by atoms with Gasteiger partial charge in [0.1, 0.15) is 0 Å². The van der Waals surface area contributed by atoms with E-state index >= 15 is 0 Å². The van der Waals surface area contributed by atoms with Crippen molar-refractivity contribution in [2.75, 3.05) is 18.4 Å². The Bertz CT molecular complexity index is 1130. The lowest BCUT2D eigenvalue weighted by molar-refractivity contribution is -0.123. The van der Waals surface area contributed by atoms with Gasteiger partial charge >= 0.3 is 5.97 Å².